The Labute approximate surface area is 124 Å². The maximum atomic E-state index is 12.8. The summed E-state index contributed by atoms with van der Waals surface area (Å²) in [6.45, 7) is 3.59. The van der Waals surface area contributed by atoms with E-state index >= 15 is 0 Å². The second-order valence-electron chi connectivity index (χ2n) is 4.78. The number of aliphatic hydroxyl groups is 1. The number of ether oxygens (including phenoxy) is 1. The van der Waals surface area contributed by atoms with Crippen LogP contribution in [0.3, 0.4) is 0 Å². The van der Waals surface area contributed by atoms with Crippen molar-refractivity contribution in [1.82, 2.24) is 5.32 Å². The normalized spacial score (nSPS) is 12.1. The van der Waals surface area contributed by atoms with Crippen LogP contribution in [-0.4, -0.2) is 18.3 Å². The average Bonchev–Trinajstić information content (AvgIpc) is 2.50. The van der Waals surface area contributed by atoms with E-state index in [0.717, 1.165) is 16.9 Å². The first-order valence-electron chi connectivity index (χ1n) is 7.05. The molecule has 4 heteroatoms. The SMILES string of the molecule is CCOc1ccc(C(O)CNCc2ccc(F)cc2)cc1. The summed E-state index contributed by atoms with van der Waals surface area (Å²) in [5, 5.41) is 13.3. The van der Waals surface area contributed by atoms with Crippen molar-refractivity contribution in [1.29, 1.82) is 0 Å². The lowest BCUT2D eigenvalue weighted by Crippen LogP contribution is -2.21. The van der Waals surface area contributed by atoms with Crippen molar-refractivity contribution in [2.45, 2.75) is 19.6 Å². The third-order valence-corrected chi connectivity index (χ3v) is 3.16. The lowest BCUT2D eigenvalue weighted by atomic mass is 10.1. The Morgan fingerprint density at radius 3 is 2.38 bits per heavy atom. The molecule has 0 heterocycles. The molecule has 0 amide bonds. The number of halogens is 1. The predicted molar refractivity (Wildman–Crippen MR) is 80.7 cm³/mol. The number of benzene rings is 2. The van der Waals surface area contributed by atoms with Gasteiger partial charge in [-0.1, -0.05) is 24.3 Å². The average molecular weight is 289 g/mol. The van der Waals surface area contributed by atoms with Gasteiger partial charge in [-0.25, -0.2) is 4.39 Å². The molecule has 0 aliphatic rings. The van der Waals surface area contributed by atoms with E-state index in [1.54, 1.807) is 12.1 Å². The van der Waals surface area contributed by atoms with Gasteiger partial charge < -0.3 is 15.2 Å². The summed E-state index contributed by atoms with van der Waals surface area (Å²) < 4.78 is 18.1. The van der Waals surface area contributed by atoms with Crippen LogP contribution in [0, 0.1) is 5.82 Å². The molecule has 0 radical (unpaired) electrons. The zero-order chi connectivity index (χ0) is 15.1. The van der Waals surface area contributed by atoms with Gasteiger partial charge in [0.05, 0.1) is 12.7 Å². The molecule has 0 aromatic heterocycles. The Morgan fingerprint density at radius 1 is 1.10 bits per heavy atom. The van der Waals surface area contributed by atoms with E-state index < -0.39 is 6.10 Å². The fourth-order valence-corrected chi connectivity index (χ4v) is 2.03. The zero-order valence-electron chi connectivity index (χ0n) is 12.1. The van der Waals surface area contributed by atoms with Crippen LogP contribution in [0.1, 0.15) is 24.2 Å². The van der Waals surface area contributed by atoms with Gasteiger partial charge in [-0.15, -0.1) is 0 Å². The molecule has 0 saturated carbocycles. The fraction of sp³-hybridized carbons (Fsp3) is 0.294. The number of hydrogen-bond acceptors (Lipinski definition) is 3. The van der Waals surface area contributed by atoms with Gasteiger partial charge in [0.1, 0.15) is 11.6 Å². The van der Waals surface area contributed by atoms with Crippen LogP contribution >= 0.6 is 0 Å². The largest absolute Gasteiger partial charge is 0.494 e. The first-order chi connectivity index (χ1) is 10.2. The van der Waals surface area contributed by atoms with Crippen LogP contribution in [0.2, 0.25) is 0 Å². The Morgan fingerprint density at radius 2 is 1.76 bits per heavy atom. The van der Waals surface area contributed by atoms with Crippen molar-refractivity contribution in [3.05, 3.63) is 65.5 Å². The van der Waals surface area contributed by atoms with Gasteiger partial charge in [0.2, 0.25) is 0 Å². The van der Waals surface area contributed by atoms with Crippen LogP contribution in [0.5, 0.6) is 5.75 Å². The highest BCUT2D eigenvalue weighted by atomic mass is 19.1. The lowest BCUT2D eigenvalue weighted by Gasteiger charge is -2.13. The number of rotatable bonds is 7. The van der Waals surface area contributed by atoms with Crippen LogP contribution in [0.25, 0.3) is 0 Å². The Bertz CT molecular complexity index is 540. The molecule has 112 valence electrons. The van der Waals surface area contributed by atoms with Gasteiger partial charge in [0.15, 0.2) is 0 Å². The summed E-state index contributed by atoms with van der Waals surface area (Å²) in [4.78, 5) is 0. The standard InChI is InChI=1S/C17H20FNO2/c1-2-21-16-9-5-14(6-10-16)17(20)12-19-11-13-3-7-15(18)8-4-13/h3-10,17,19-20H,2,11-12H2,1H3. The highest BCUT2D eigenvalue weighted by Gasteiger charge is 2.07. The molecule has 0 spiro atoms. The quantitative estimate of drug-likeness (QED) is 0.823. The van der Waals surface area contributed by atoms with E-state index in [-0.39, 0.29) is 5.82 Å². The van der Waals surface area contributed by atoms with Gasteiger partial charge in [-0.05, 0) is 42.3 Å². The maximum Gasteiger partial charge on any atom is 0.123 e. The second kappa shape index (κ2) is 7.76. The Balaban J connectivity index is 1.81. The molecule has 21 heavy (non-hydrogen) atoms. The molecule has 0 saturated heterocycles. The minimum atomic E-state index is -0.582. The van der Waals surface area contributed by atoms with Crippen molar-refractivity contribution in [2.24, 2.45) is 0 Å². The molecule has 0 aliphatic carbocycles. The van der Waals surface area contributed by atoms with Gasteiger partial charge >= 0.3 is 0 Å². The van der Waals surface area contributed by atoms with E-state index in [4.69, 9.17) is 4.74 Å². The highest BCUT2D eigenvalue weighted by molar-refractivity contribution is 5.28. The highest BCUT2D eigenvalue weighted by Crippen LogP contribution is 2.17. The van der Waals surface area contributed by atoms with E-state index in [1.165, 1.54) is 12.1 Å². The summed E-state index contributed by atoms with van der Waals surface area (Å²) in [5.41, 5.74) is 1.82. The monoisotopic (exact) mass is 289 g/mol. The first-order valence-corrected chi connectivity index (χ1v) is 7.05. The number of nitrogens with one attached hydrogen (secondary N) is 1. The molecule has 0 aliphatic heterocycles. The van der Waals surface area contributed by atoms with Gasteiger partial charge in [-0.2, -0.15) is 0 Å². The third kappa shape index (κ3) is 4.85. The molecule has 2 aromatic carbocycles. The molecular formula is C17H20FNO2. The minimum Gasteiger partial charge on any atom is -0.494 e. The van der Waals surface area contributed by atoms with Crippen molar-refractivity contribution in [3.63, 3.8) is 0 Å². The molecule has 3 nitrogen and oxygen atoms in total. The van der Waals surface area contributed by atoms with Crippen LogP contribution in [-0.2, 0) is 6.54 Å². The molecule has 2 N–H and O–H groups in total. The minimum absolute atomic E-state index is 0.242. The maximum absolute atomic E-state index is 12.8. The molecule has 2 rings (SSSR count). The molecule has 1 atom stereocenters. The van der Waals surface area contributed by atoms with E-state index in [9.17, 15) is 9.50 Å². The molecular weight excluding hydrogens is 269 g/mol. The summed E-state index contributed by atoms with van der Waals surface area (Å²) in [6.07, 6.45) is -0.582. The van der Waals surface area contributed by atoms with Crippen molar-refractivity contribution in [3.8, 4) is 5.75 Å². The summed E-state index contributed by atoms with van der Waals surface area (Å²) in [7, 11) is 0. The predicted octanol–water partition coefficient (Wildman–Crippen LogP) is 3.05. The Hall–Kier alpha value is -1.91. The zero-order valence-corrected chi connectivity index (χ0v) is 12.1. The van der Waals surface area contributed by atoms with Crippen LogP contribution in [0.4, 0.5) is 4.39 Å². The molecule has 2 aromatic rings. The van der Waals surface area contributed by atoms with Gasteiger partial charge in [0.25, 0.3) is 0 Å². The van der Waals surface area contributed by atoms with Gasteiger partial charge in [-0.3, -0.25) is 0 Å². The van der Waals surface area contributed by atoms with Crippen molar-refractivity contribution >= 4 is 0 Å². The third-order valence-electron chi connectivity index (χ3n) is 3.16. The summed E-state index contributed by atoms with van der Waals surface area (Å²) >= 11 is 0. The fourth-order valence-electron chi connectivity index (χ4n) is 2.03. The van der Waals surface area contributed by atoms with Crippen molar-refractivity contribution in [2.75, 3.05) is 13.2 Å². The molecule has 0 fully saturated rings. The van der Waals surface area contributed by atoms with Crippen LogP contribution < -0.4 is 10.1 Å². The second-order valence-corrected chi connectivity index (χ2v) is 4.78. The van der Waals surface area contributed by atoms with Gasteiger partial charge in [0, 0.05) is 13.1 Å². The first kappa shape index (κ1) is 15.5. The van der Waals surface area contributed by atoms with Crippen LogP contribution in [0.15, 0.2) is 48.5 Å². The summed E-state index contributed by atoms with van der Waals surface area (Å²) in [6, 6.07) is 13.7. The molecule has 1 unspecified atom stereocenters. The number of aliphatic hydroxyl groups excluding tert-OH is 1. The summed E-state index contributed by atoms with van der Waals surface area (Å²) in [5.74, 6) is 0.556. The Kier molecular flexibility index (Phi) is 5.72. The lowest BCUT2D eigenvalue weighted by molar-refractivity contribution is 0.174. The van der Waals surface area contributed by atoms with E-state index in [2.05, 4.69) is 5.32 Å². The topological polar surface area (TPSA) is 41.5 Å². The van der Waals surface area contributed by atoms with E-state index in [1.807, 2.05) is 31.2 Å². The van der Waals surface area contributed by atoms with E-state index in [0.29, 0.717) is 19.7 Å². The molecule has 0 bridgehead atoms. The number of hydrogen-bond donors (Lipinski definition) is 2. The van der Waals surface area contributed by atoms with Crippen molar-refractivity contribution < 1.29 is 14.2 Å². The smallest absolute Gasteiger partial charge is 0.123 e.